The molecule has 1 aliphatic rings. The number of carbonyl (C=O) groups excluding carboxylic acids is 1. The summed E-state index contributed by atoms with van der Waals surface area (Å²) in [4.78, 5) is 33.4. The topological polar surface area (TPSA) is 76.5 Å². The van der Waals surface area contributed by atoms with E-state index < -0.39 is 0 Å². The van der Waals surface area contributed by atoms with Crippen LogP contribution in [-0.2, 0) is 30.2 Å². The van der Waals surface area contributed by atoms with E-state index in [9.17, 15) is 9.59 Å². The van der Waals surface area contributed by atoms with Crippen molar-refractivity contribution in [1.82, 2.24) is 14.5 Å². The van der Waals surface area contributed by atoms with Crippen LogP contribution in [0, 0.1) is 6.92 Å². The molecule has 1 aliphatic heterocycles. The van der Waals surface area contributed by atoms with Gasteiger partial charge in [-0.15, -0.1) is 0 Å². The Bertz CT molecular complexity index is 1630. The first-order chi connectivity index (χ1) is 20.6. The summed E-state index contributed by atoms with van der Waals surface area (Å²) in [7, 11) is 1.76. The molecule has 0 spiro atoms. The zero-order valence-electron chi connectivity index (χ0n) is 25.9. The van der Waals surface area contributed by atoms with Crippen molar-refractivity contribution < 1.29 is 9.53 Å². The zero-order valence-corrected chi connectivity index (χ0v) is 25.9. The Morgan fingerprint density at radius 2 is 1.67 bits per heavy atom. The van der Waals surface area contributed by atoms with E-state index >= 15 is 0 Å². The Kier molecular flexibility index (Phi) is 9.23. The molecule has 7 heteroatoms. The van der Waals surface area contributed by atoms with Gasteiger partial charge in [0.1, 0.15) is 5.69 Å². The quantitative estimate of drug-likeness (QED) is 0.286. The molecular weight excluding hydrogens is 536 g/mol. The third-order valence-corrected chi connectivity index (χ3v) is 8.13. The lowest BCUT2D eigenvalue weighted by Crippen LogP contribution is -2.25. The third kappa shape index (κ3) is 7.48. The first-order valence-electron chi connectivity index (χ1n) is 15.0. The summed E-state index contributed by atoms with van der Waals surface area (Å²) in [5, 5.41) is 3.07. The number of carbonyl (C=O) groups is 1. The largest absolute Gasteiger partial charge is 0.380 e. The van der Waals surface area contributed by atoms with Crippen molar-refractivity contribution in [3.63, 3.8) is 0 Å². The number of aryl methyl sites for hydroxylation is 1. The van der Waals surface area contributed by atoms with Gasteiger partial charge in [0.05, 0.1) is 12.3 Å². The molecule has 2 heterocycles. The number of anilines is 1. The standard InChI is InChI=1S/C36H42N4O3/c1-25-30(8-6-9-31(25)38-34(41)28-14-16-29(17-15-28)36(2,3)4)33-24-39(5)35(42)32(37-33)22-26-10-12-27(13-11-26)23-40-18-7-20-43-21-19-40/h6,8-17,24H,7,18-23H2,1-5H3,(H,38,41). The summed E-state index contributed by atoms with van der Waals surface area (Å²) in [6.45, 7) is 12.9. The van der Waals surface area contributed by atoms with E-state index in [2.05, 4.69) is 55.3 Å². The fourth-order valence-electron chi connectivity index (χ4n) is 5.45. The second kappa shape index (κ2) is 13.1. The lowest BCUT2D eigenvalue weighted by Gasteiger charge is -2.19. The zero-order chi connectivity index (χ0) is 30.6. The summed E-state index contributed by atoms with van der Waals surface area (Å²) in [5.41, 5.74) is 7.64. The molecule has 5 rings (SSSR count). The second-order valence-corrected chi connectivity index (χ2v) is 12.5. The fraction of sp³-hybridized carbons (Fsp3) is 0.361. The van der Waals surface area contributed by atoms with E-state index in [1.54, 1.807) is 17.8 Å². The molecule has 3 aromatic carbocycles. The summed E-state index contributed by atoms with van der Waals surface area (Å²) in [6.07, 6.45) is 3.26. The van der Waals surface area contributed by atoms with Crippen LogP contribution in [0.5, 0.6) is 0 Å². The predicted octanol–water partition coefficient (Wildman–Crippen LogP) is 6.12. The van der Waals surface area contributed by atoms with Gasteiger partial charge >= 0.3 is 0 Å². The Morgan fingerprint density at radius 1 is 0.953 bits per heavy atom. The van der Waals surface area contributed by atoms with Crippen LogP contribution >= 0.6 is 0 Å². The van der Waals surface area contributed by atoms with Crippen molar-refractivity contribution in [1.29, 1.82) is 0 Å². The van der Waals surface area contributed by atoms with Gasteiger partial charge in [0.25, 0.3) is 11.5 Å². The number of aromatic nitrogens is 2. The van der Waals surface area contributed by atoms with Gasteiger partial charge in [-0.2, -0.15) is 0 Å². The van der Waals surface area contributed by atoms with Gasteiger partial charge in [0.2, 0.25) is 0 Å². The van der Waals surface area contributed by atoms with Gasteiger partial charge in [-0.1, -0.05) is 69.3 Å². The molecule has 1 saturated heterocycles. The molecule has 43 heavy (non-hydrogen) atoms. The maximum Gasteiger partial charge on any atom is 0.272 e. The molecule has 0 saturated carbocycles. The van der Waals surface area contributed by atoms with Crippen molar-refractivity contribution in [2.75, 3.05) is 31.6 Å². The number of rotatable bonds is 7. The molecule has 0 radical (unpaired) electrons. The third-order valence-electron chi connectivity index (χ3n) is 8.13. The first kappa shape index (κ1) is 30.4. The molecule has 4 aromatic rings. The molecule has 1 N–H and O–H groups in total. The Labute approximate surface area is 254 Å². The normalized spacial score (nSPS) is 14.3. The van der Waals surface area contributed by atoms with Crippen LogP contribution in [0.1, 0.15) is 65.5 Å². The van der Waals surface area contributed by atoms with Gasteiger partial charge in [0.15, 0.2) is 0 Å². The van der Waals surface area contributed by atoms with Crippen molar-refractivity contribution in [2.24, 2.45) is 7.05 Å². The van der Waals surface area contributed by atoms with Crippen LogP contribution in [-0.4, -0.2) is 46.7 Å². The van der Waals surface area contributed by atoms with Crippen LogP contribution < -0.4 is 10.9 Å². The number of ether oxygens (including phenoxy) is 1. The molecule has 1 amide bonds. The average Bonchev–Trinajstić information content (AvgIpc) is 3.26. The van der Waals surface area contributed by atoms with Gasteiger partial charge in [-0.3, -0.25) is 14.5 Å². The minimum Gasteiger partial charge on any atom is -0.380 e. The van der Waals surface area contributed by atoms with Gasteiger partial charge < -0.3 is 14.6 Å². The van der Waals surface area contributed by atoms with Crippen molar-refractivity contribution in [3.8, 4) is 11.3 Å². The number of amides is 1. The minimum atomic E-state index is -0.164. The van der Waals surface area contributed by atoms with Gasteiger partial charge in [-0.25, -0.2) is 4.98 Å². The van der Waals surface area contributed by atoms with E-state index in [0.717, 1.165) is 56.0 Å². The van der Waals surface area contributed by atoms with Crippen LogP contribution in [0.15, 0.2) is 77.7 Å². The number of hydrogen-bond donors (Lipinski definition) is 1. The minimum absolute atomic E-state index is 0.0214. The SMILES string of the molecule is Cc1c(NC(=O)c2ccc(C(C)(C)C)cc2)cccc1-c1cn(C)c(=O)c(Cc2ccc(CN3CCCOCC3)cc2)n1. The molecule has 7 nitrogen and oxygen atoms in total. The lowest BCUT2D eigenvalue weighted by atomic mass is 9.86. The molecule has 0 aliphatic carbocycles. The average molecular weight is 579 g/mol. The smallest absolute Gasteiger partial charge is 0.272 e. The molecule has 224 valence electrons. The molecule has 0 unspecified atom stereocenters. The van der Waals surface area contributed by atoms with E-state index in [1.807, 2.05) is 49.4 Å². The Hall–Kier alpha value is -4.07. The van der Waals surface area contributed by atoms with Gasteiger partial charge in [-0.05, 0) is 59.2 Å². The van der Waals surface area contributed by atoms with Crippen molar-refractivity contribution in [2.45, 2.75) is 52.5 Å². The highest BCUT2D eigenvalue weighted by atomic mass is 16.5. The second-order valence-electron chi connectivity index (χ2n) is 12.5. The highest BCUT2D eigenvalue weighted by Crippen LogP contribution is 2.28. The molecule has 1 aromatic heterocycles. The van der Waals surface area contributed by atoms with E-state index in [-0.39, 0.29) is 16.9 Å². The summed E-state index contributed by atoms with van der Waals surface area (Å²) in [5.74, 6) is -0.164. The number of hydrogen-bond acceptors (Lipinski definition) is 5. The highest BCUT2D eigenvalue weighted by molar-refractivity contribution is 6.05. The molecule has 1 fully saturated rings. The van der Waals surface area contributed by atoms with Crippen LogP contribution in [0.3, 0.4) is 0 Å². The fourth-order valence-corrected chi connectivity index (χ4v) is 5.45. The first-order valence-corrected chi connectivity index (χ1v) is 15.0. The Balaban J connectivity index is 1.33. The van der Waals surface area contributed by atoms with Crippen molar-refractivity contribution >= 4 is 11.6 Å². The van der Waals surface area contributed by atoms with Gasteiger partial charge in [0, 0.05) is 62.7 Å². The summed E-state index contributed by atoms with van der Waals surface area (Å²) < 4.78 is 7.17. The monoisotopic (exact) mass is 578 g/mol. The van der Waals surface area contributed by atoms with E-state index in [0.29, 0.717) is 29.1 Å². The maximum absolute atomic E-state index is 13.1. The number of nitrogens with one attached hydrogen (secondary N) is 1. The van der Waals surface area contributed by atoms with E-state index in [4.69, 9.17) is 9.72 Å². The molecule has 0 bridgehead atoms. The predicted molar refractivity (Wildman–Crippen MR) is 173 cm³/mol. The Morgan fingerprint density at radius 3 is 2.40 bits per heavy atom. The van der Waals surface area contributed by atoms with E-state index in [1.165, 1.54) is 11.1 Å². The van der Waals surface area contributed by atoms with Crippen LogP contribution in [0.4, 0.5) is 5.69 Å². The maximum atomic E-state index is 13.1. The van der Waals surface area contributed by atoms with Crippen LogP contribution in [0.25, 0.3) is 11.3 Å². The number of nitrogens with zero attached hydrogens (tertiary/aromatic N) is 3. The number of benzene rings is 3. The van der Waals surface area contributed by atoms with Crippen LogP contribution in [0.2, 0.25) is 0 Å². The van der Waals surface area contributed by atoms with Crippen molar-refractivity contribution in [3.05, 3.63) is 117 Å². The highest BCUT2D eigenvalue weighted by Gasteiger charge is 2.17. The summed E-state index contributed by atoms with van der Waals surface area (Å²) >= 11 is 0. The molecule has 0 atom stereocenters. The molecular formula is C36H42N4O3. The summed E-state index contributed by atoms with van der Waals surface area (Å²) in [6, 6.07) is 22.0. The lowest BCUT2D eigenvalue weighted by molar-refractivity contribution is 0.102.